The van der Waals surface area contributed by atoms with Gasteiger partial charge in [0.05, 0.1) is 12.7 Å². The first-order valence-corrected chi connectivity index (χ1v) is 5.33. The van der Waals surface area contributed by atoms with Crippen LogP contribution in [0.1, 0.15) is 26.3 Å². The lowest BCUT2D eigenvalue weighted by Gasteiger charge is -2.29. The van der Waals surface area contributed by atoms with Gasteiger partial charge in [0.15, 0.2) is 0 Å². The maximum absolute atomic E-state index is 10.4. The molecule has 1 aromatic carbocycles. The maximum atomic E-state index is 10.4. The number of rotatable bonds is 3. The van der Waals surface area contributed by atoms with Crippen LogP contribution in [-0.2, 0) is 5.60 Å². The molecule has 0 radical (unpaired) electrons. The third-order valence-electron chi connectivity index (χ3n) is 2.83. The molecule has 15 heavy (non-hydrogen) atoms. The largest absolute Gasteiger partial charge is 0.496 e. The van der Waals surface area contributed by atoms with E-state index in [1.54, 1.807) is 32.2 Å². The van der Waals surface area contributed by atoms with Gasteiger partial charge in [0.2, 0.25) is 0 Å². The monoisotopic (exact) mass is 228 g/mol. The van der Waals surface area contributed by atoms with Gasteiger partial charge in [-0.1, -0.05) is 25.4 Å². The molecular weight excluding hydrogens is 212 g/mol. The van der Waals surface area contributed by atoms with Crippen LogP contribution in [0.25, 0.3) is 0 Å². The SMILES string of the molecule is COc1ccc(Cl)cc1C(C)(O)C(C)C. The molecule has 1 atom stereocenters. The average Bonchev–Trinajstić information content (AvgIpc) is 2.17. The van der Waals surface area contributed by atoms with Gasteiger partial charge >= 0.3 is 0 Å². The minimum absolute atomic E-state index is 0.0878. The minimum Gasteiger partial charge on any atom is -0.496 e. The number of ether oxygens (including phenoxy) is 1. The van der Waals surface area contributed by atoms with E-state index < -0.39 is 5.60 Å². The third kappa shape index (κ3) is 2.44. The van der Waals surface area contributed by atoms with Crippen LogP contribution in [0.5, 0.6) is 5.75 Å². The van der Waals surface area contributed by atoms with E-state index in [1.807, 2.05) is 13.8 Å². The summed E-state index contributed by atoms with van der Waals surface area (Å²) in [6.45, 7) is 5.69. The van der Waals surface area contributed by atoms with E-state index in [0.717, 1.165) is 5.56 Å². The molecule has 3 heteroatoms. The lowest BCUT2D eigenvalue weighted by molar-refractivity contribution is 0.00696. The zero-order valence-electron chi connectivity index (χ0n) is 9.54. The van der Waals surface area contributed by atoms with E-state index in [0.29, 0.717) is 10.8 Å². The van der Waals surface area contributed by atoms with Crippen molar-refractivity contribution in [1.29, 1.82) is 0 Å². The lowest BCUT2D eigenvalue weighted by atomic mass is 9.85. The fraction of sp³-hybridized carbons (Fsp3) is 0.500. The van der Waals surface area contributed by atoms with Crippen LogP contribution in [-0.4, -0.2) is 12.2 Å². The van der Waals surface area contributed by atoms with Gasteiger partial charge < -0.3 is 9.84 Å². The normalized spacial score (nSPS) is 15.1. The first-order chi connectivity index (χ1) is 6.89. The molecule has 0 aliphatic heterocycles. The van der Waals surface area contributed by atoms with Gasteiger partial charge in [-0.15, -0.1) is 0 Å². The number of aliphatic hydroxyl groups is 1. The van der Waals surface area contributed by atoms with E-state index in [1.165, 1.54) is 0 Å². The van der Waals surface area contributed by atoms with Crippen molar-refractivity contribution in [2.45, 2.75) is 26.4 Å². The summed E-state index contributed by atoms with van der Waals surface area (Å²) in [5, 5.41) is 11.0. The van der Waals surface area contributed by atoms with Gasteiger partial charge in [0, 0.05) is 10.6 Å². The van der Waals surface area contributed by atoms with Gasteiger partial charge in [-0.2, -0.15) is 0 Å². The van der Waals surface area contributed by atoms with E-state index in [-0.39, 0.29) is 5.92 Å². The van der Waals surface area contributed by atoms with E-state index in [9.17, 15) is 5.11 Å². The Morgan fingerprint density at radius 1 is 1.40 bits per heavy atom. The number of methoxy groups -OCH3 is 1. The van der Waals surface area contributed by atoms with Gasteiger partial charge in [-0.3, -0.25) is 0 Å². The minimum atomic E-state index is -0.934. The van der Waals surface area contributed by atoms with Gasteiger partial charge in [-0.05, 0) is 31.0 Å². The van der Waals surface area contributed by atoms with Gasteiger partial charge in [0.1, 0.15) is 5.75 Å². The summed E-state index contributed by atoms with van der Waals surface area (Å²) < 4.78 is 5.22. The fourth-order valence-electron chi connectivity index (χ4n) is 1.39. The first kappa shape index (κ1) is 12.3. The highest BCUT2D eigenvalue weighted by Crippen LogP contribution is 2.36. The van der Waals surface area contributed by atoms with E-state index in [2.05, 4.69) is 0 Å². The smallest absolute Gasteiger partial charge is 0.125 e. The van der Waals surface area contributed by atoms with Crippen molar-refractivity contribution < 1.29 is 9.84 Å². The Labute approximate surface area is 95.8 Å². The summed E-state index contributed by atoms with van der Waals surface area (Å²) in [5.41, 5.74) is -0.205. The highest BCUT2D eigenvalue weighted by molar-refractivity contribution is 6.30. The molecule has 0 spiro atoms. The summed E-state index contributed by atoms with van der Waals surface area (Å²) >= 11 is 5.92. The second-order valence-corrected chi connectivity index (χ2v) is 4.58. The summed E-state index contributed by atoms with van der Waals surface area (Å²) in [4.78, 5) is 0. The number of hydrogen-bond donors (Lipinski definition) is 1. The number of halogens is 1. The Hall–Kier alpha value is -0.730. The molecule has 0 amide bonds. The summed E-state index contributed by atoms with van der Waals surface area (Å²) in [7, 11) is 1.59. The van der Waals surface area contributed by atoms with Crippen molar-refractivity contribution in [2.75, 3.05) is 7.11 Å². The predicted octanol–water partition coefficient (Wildman–Crippen LogP) is 3.21. The number of benzene rings is 1. The zero-order valence-corrected chi connectivity index (χ0v) is 10.3. The average molecular weight is 229 g/mol. The topological polar surface area (TPSA) is 29.5 Å². The van der Waals surface area contributed by atoms with Crippen molar-refractivity contribution in [1.82, 2.24) is 0 Å². The van der Waals surface area contributed by atoms with Crippen LogP contribution in [0.15, 0.2) is 18.2 Å². The van der Waals surface area contributed by atoms with Crippen LogP contribution in [0, 0.1) is 5.92 Å². The highest BCUT2D eigenvalue weighted by Gasteiger charge is 2.30. The van der Waals surface area contributed by atoms with Crippen LogP contribution < -0.4 is 4.74 Å². The van der Waals surface area contributed by atoms with Crippen molar-refractivity contribution >= 4 is 11.6 Å². The molecule has 2 nitrogen and oxygen atoms in total. The molecule has 1 N–H and O–H groups in total. The Morgan fingerprint density at radius 2 is 2.00 bits per heavy atom. The van der Waals surface area contributed by atoms with Crippen LogP contribution in [0.2, 0.25) is 5.02 Å². The van der Waals surface area contributed by atoms with Crippen molar-refractivity contribution in [3.63, 3.8) is 0 Å². The van der Waals surface area contributed by atoms with Crippen LogP contribution in [0.3, 0.4) is 0 Å². The van der Waals surface area contributed by atoms with Crippen molar-refractivity contribution in [3.05, 3.63) is 28.8 Å². The van der Waals surface area contributed by atoms with E-state index >= 15 is 0 Å². The molecule has 0 aliphatic carbocycles. The molecule has 1 aromatic rings. The standard InChI is InChI=1S/C12H17ClO2/c1-8(2)12(3,14)10-7-9(13)5-6-11(10)15-4/h5-8,14H,1-4H3. The predicted molar refractivity (Wildman–Crippen MR) is 62.4 cm³/mol. The molecule has 0 bridgehead atoms. The molecule has 0 aliphatic rings. The Morgan fingerprint density at radius 3 is 2.47 bits per heavy atom. The van der Waals surface area contributed by atoms with E-state index in [4.69, 9.17) is 16.3 Å². The second-order valence-electron chi connectivity index (χ2n) is 4.15. The first-order valence-electron chi connectivity index (χ1n) is 4.96. The molecular formula is C12H17ClO2. The van der Waals surface area contributed by atoms with Crippen LogP contribution in [0.4, 0.5) is 0 Å². The summed E-state index contributed by atoms with van der Waals surface area (Å²) in [5.74, 6) is 0.753. The third-order valence-corrected chi connectivity index (χ3v) is 3.07. The highest BCUT2D eigenvalue weighted by atomic mass is 35.5. The quantitative estimate of drug-likeness (QED) is 0.861. The van der Waals surface area contributed by atoms with Gasteiger partial charge in [0.25, 0.3) is 0 Å². The van der Waals surface area contributed by atoms with Gasteiger partial charge in [-0.25, -0.2) is 0 Å². The second kappa shape index (κ2) is 4.42. The molecule has 0 saturated carbocycles. The van der Waals surface area contributed by atoms with Crippen molar-refractivity contribution in [2.24, 2.45) is 5.92 Å². The Bertz CT molecular complexity index is 345. The lowest BCUT2D eigenvalue weighted by Crippen LogP contribution is -2.28. The Balaban J connectivity index is 3.28. The van der Waals surface area contributed by atoms with Crippen LogP contribution >= 0.6 is 11.6 Å². The molecule has 0 saturated heterocycles. The van der Waals surface area contributed by atoms with Crippen molar-refractivity contribution in [3.8, 4) is 5.75 Å². The molecule has 1 unspecified atom stereocenters. The molecule has 0 aromatic heterocycles. The molecule has 0 fully saturated rings. The molecule has 0 heterocycles. The fourth-order valence-corrected chi connectivity index (χ4v) is 1.56. The molecule has 84 valence electrons. The summed E-state index contributed by atoms with van der Waals surface area (Å²) in [6.07, 6.45) is 0. The number of hydrogen-bond acceptors (Lipinski definition) is 2. The Kier molecular flexibility index (Phi) is 3.63. The maximum Gasteiger partial charge on any atom is 0.125 e. The zero-order chi connectivity index (χ0) is 11.6. The summed E-state index contributed by atoms with van der Waals surface area (Å²) in [6, 6.07) is 5.27. The molecule has 1 rings (SSSR count).